The fourth-order valence-corrected chi connectivity index (χ4v) is 4.91. The SMILES string of the molecule is CC(C)N1CC2(CCN(Cc3cccnc3)CC2)CC1COCC1CC1. The second-order valence-electron chi connectivity index (χ2n) is 9.24. The molecule has 1 unspecified atom stereocenters. The highest BCUT2D eigenvalue weighted by Gasteiger charge is 2.46. The largest absolute Gasteiger partial charge is 0.380 e. The van der Waals surface area contributed by atoms with Crippen LogP contribution in [0.25, 0.3) is 0 Å². The average Bonchev–Trinajstić information content (AvgIpc) is 3.39. The summed E-state index contributed by atoms with van der Waals surface area (Å²) in [6, 6.07) is 5.49. The van der Waals surface area contributed by atoms with Gasteiger partial charge in [-0.2, -0.15) is 0 Å². The molecule has 26 heavy (non-hydrogen) atoms. The molecule has 3 heterocycles. The molecule has 0 N–H and O–H groups in total. The third-order valence-electron chi connectivity index (χ3n) is 6.73. The zero-order valence-corrected chi connectivity index (χ0v) is 16.6. The second-order valence-corrected chi connectivity index (χ2v) is 9.24. The van der Waals surface area contributed by atoms with E-state index in [1.807, 2.05) is 18.5 Å². The molecule has 144 valence electrons. The molecule has 1 aliphatic carbocycles. The van der Waals surface area contributed by atoms with Crippen LogP contribution in [-0.2, 0) is 11.3 Å². The minimum absolute atomic E-state index is 0.517. The Kier molecular flexibility index (Phi) is 5.63. The standard InChI is InChI=1S/C22H35N3O/c1-18(2)25-17-22(12-21(25)16-26-15-19-5-6-19)7-10-24(11-8-22)14-20-4-3-9-23-13-20/h3-4,9,13,18-19,21H,5-8,10-12,14-17H2,1-2H3. The van der Waals surface area contributed by atoms with E-state index >= 15 is 0 Å². The zero-order valence-electron chi connectivity index (χ0n) is 16.6. The van der Waals surface area contributed by atoms with E-state index in [2.05, 4.69) is 34.7 Å². The van der Waals surface area contributed by atoms with Gasteiger partial charge in [0, 0.05) is 44.2 Å². The summed E-state index contributed by atoms with van der Waals surface area (Å²) >= 11 is 0. The Morgan fingerprint density at radius 1 is 1.23 bits per heavy atom. The van der Waals surface area contributed by atoms with Crippen LogP contribution in [0.15, 0.2) is 24.5 Å². The van der Waals surface area contributed by atoms with Crippen LogP contribution in [-0.4, -0.2) is 59.7 Å². The van der Waals surface area contributed by atoms with Crippen LogP contribution in [0.4, 0.5) is 0 Å². The van der Waals surface area contributed by atoms with Crippen molar-refractivity contribution in [1.29, 1.82) is 0 Å². The van der Waals surface area contributed by atoms with Gasteiger partial charge in [-0.25, -0.2) is 0 Å². The number of hydrogen-bond donors (Lipinski definition) is 0. The second kappa shape index (κ2) is 7.95. The molecule has 4 nitrogen and oxygen atoms in total. The lowest BCUT2D eigenvalue weighted by atomic mass is 9.76. The molecule has 0 amide bonds. The minimum Gasteiger partial charge on any atom is -0.380 e. The summed E-state index contributed by atoms with van der Waals surface area (Å²) in [5.41, 5.74) is 1.86. The van der Waals surface area contributed by atoms with Gasteiger partial charge in [0.25, 0.3) is 0 Å². The molecular formula is C22H35N3O. The highest BCUT2D eigenvalue weighted by Crippen LogP contribution is 2.44. The van der Waals surface area contributed by atoms with Crippen molar-refractivity contribution >= 4 is 0 Å². The molecule has 1 saturated carbocycles. The Morgan fingerprint density at radius 3 is 2.69 bits per heavy atom. The van der Waals surface area contributed by atoms with E-state index in [1.54, 1.807) is 0 Å². The summed E-state index contributed by atoms with van der Waals surface area (Å²) < 4.78 is 6.10. The Hall–Kier alpha value is -0.970. The molecule has 4 rings (SSSR count). The number of piperidine rings is 1. The van der Waals surface area contributed by atoms with Crippen LogP contribution >= 0.6 is 0 Å². The molecular weight excluding hydrogens is 322 g/mol. The monoisotopic (exact) mass is 357 g/mol. The fraction of sp³-hybridized carbons (Fsp3) is 0.773. The molecule has 1 spiro atoms. The molecule has 4 heteroatoms. The van der Waals surface area contributed by atoms with Crippen molar-refractivity contribution in [3.05, 3.63) is 30.1 Å². The number of aromatic nitrogens is 1. The molecule has 0 aromatic carbocycles. The van der Waals surface area contributed by atoms with Crippen molar-refractivity contribution in [2.75, 3.05) is 32.8 Å². The molecule has 2 aliphatic heterocycles. The number of nitrogens with zero attached hydrogens (tertiary/aromatic N) is 3. The lowest BCUT2D eigenvalue weighted by Gasteiger charge is -2.39. The summed E-state index contributed by atoms with van der Waals surface area (Å²) in [6.45, 7) is 11.4. The van der Waals surface area contributed by atoms with Gasteiger partial charge in [0.05, 0.1) is 6.61 Å². The predicted octanol–water partition coefficient (Wildman–Crippen LogP) is 3.57. The van der Waals surface area contributed by atoms with E-state index in [4.69, 9.17) is 4.74 Å². The smallest absolute Gasteiger partial charge is 0.0622 e. The topological polar surface area (TPSA) is 28.6 Å². The quantitative estimate of drug-likeness (QED) is 0.746. The molecule has 0 bridgehead atoms. The molecule has 3 aliphatic rings. The Labute approximate surface area is 158 Å². The first-order chi connectivity index (χ1) is 12.6. The van der Waals surface area contributed by atoms with Crippen LogP contribution in [0.1, 0.15) is 51.5 Å². The van der Waals surface area contributed by atoms with Gasteiger partial charge in [0.15, 0.2) is 0 Å². The summed E-state index contributed by atoms with van der Waals surface area (Å²) in [4.78, 5) is 9.59. The highest BCUT2D eigenvalue weighted by atomic mass is 16.5. The Morgan fingerprint density at radius 2 is 2.04 bits per heavy atom. The van der Waals surface area contributed by atoms with Crippen molar-refractivity contribution in [3.63, 3.8) is 0 Å². The molecule has 1 aromatic heterocycles. The zero-order chi connectivity index (χ0) is 18.0. The molecule has 0 radical (unpaired) electrons. The third-order valence-corrected chi connectivity index (χ3v) is 6.73. The minimum atomic E-state index is 0.517. The maximum Gasteiger partial charge on any atom is 0.0622 e. The lowest BCUT2D eigenvalue weighted by Crippen LogP contribution is -2.42. The molecule has 3 fully saturated rings. The Balaban J connectivity index is 1.30. The number of pyridine rings is 1. The van der Waals surface area contributed by atoms with E-state index in [1.165, 1.54) is 57.3 Å². The van der Waals surface area contributed by atoms with Gasteiger partial charge in [-0.15, -0.1) is 0 Å². The van der Waals surface area contributed by atoms with Gasteiger partial charge in [0.2, 0.25) is 0 Å². The van der Waals surface area contributed by atoms with Gasteiger partial charge < -0.3 is 4.74 Å². The first-order valence-corrected chi connectivity index (χ1v) is 10.6. The van der Waals surface area contributed by atoms with Crippen molar-refractivity contribution in [1.82, 2.24) is 14.8 Å². The molecule has 1 atom stereocenters. The van der Waals surface area contributed by atoms with Crippen LogP contribution in [0.5, 0.6) is 0 Å². The predicted molar refractivity (Wildman–Crippen MR) is 105 cm³/mol. The van der Waals surface area contributed by atoms with E-state index < -0.39 is 0 Å². The van der Waals surface area contributed by atoms with Gasteiger partial charge in [-0.05, 0) is 82.0 Å². The highest BCUT2D eigenvalue weighted by molar-refractivity contribution is 5.09. The van der Waals surface area contributed by atoms with Gasteiger partial charge >= 0.3 is 0 Å². The summed E-state index contributed by atoms with van der Waals surface area (Å²) in [5, 5.41) is 0. The van der Waals surface area contributed by atoms with E-state index in [0.717, 1.165) is 25.7 Å². The normalized spacial score (nSPS) is 26.8. The van der Waals surface area contributed by atoms with Crippen LogP contribution in [0.3, 0.4) is 0 Å². The maximum absolute atomic E-state index is 6.10. The van der Waals surface area contributed by atoms with Crippen molar-refractivity contribution in [2.45, 2.75) is 64.6 Å². The van der Waals surface area contributed by atoms with E-state index in [-0.39, 0.29) is 0 Å². The Bertz CT molecular complexity index is 564. The van der Waals surface area contributed by atoms with Crippen LogP contribution in [0.2, 0.25) is 0 Å². The van der Waals surface area contributed by atoms with Crippen molar-refractivity contribution in [2.24, 2.45) is 11.3 Å². The summed E-state index contributed by atoms with van der Waals surface area (Å²) in [5.74, 6) is 0.869. The number of likely N-dealkylation sites (tertiary alicyclic amines) is 2. The number of hydrogen-bond acceptors (Lipinski definition) is 4. The van der Waals surface area contributed by atoms with Gasteiger partial charge in [-0.3, -0.25) is 14.8 Å². The number of rotatable bonds is 7. The number of ether oxygens (including phenoxy) is 1. The molecule has 1 aromatic rings. The van der Waals surface area contributed by atoms with Crippen molar-refractivity contribution in [3.8, 4) is 0 Å². The van der Waals surface area contributed by atoms with Crippen LogP contribution < -0.4 is 0 Å². The van der Waals surface area contributed by atoms with E-state index in [9.17, 15) is 0 Å². The summed E-state index contributed by atoms with van der Waals surface area (Å²) in [6.07, 6.45) is 10.6. The average molecular weight is 358 g/mol. The van der Waals surface area contributed by atoms with Gasteiger partial charge in [-0.1, -0.05) is 6.07 Å². The van der Waals surface area contributed by atoms with Crippen LogP contribution in [0, 0.1) is 11.3 Å². The summed E-state index contributed by atoms with van der Waals surface area (Å²) in [7, 11) is 0. The van der Waals surface area contributed by atoms with E-state index in [0.29, 0.717) is 17.5 Å². The third kappa shape index (κ3) is 4.47. The fourth-order valence-electron chi connectivity index (χ4n) is 4.91. The lowest BCUT2D eigenvalue weighted by molar-refractivity contribution is 0.0600. The molecule has 2 saturated heterocycles. The first-order valence-electron chi connectivity index (χ1n) is 10.6. The maximum atomic E-state index is 6.10. The van der Waals surface area contributed by atoms with Gasteiger partial charge in [0.1, 0.15) is 0 Å². The van der Waals surface area contributed by atoms with Crippen molar-refractivity contribution < 1.29 is 4.74 Å². The first kappa shape index (κ1) is 18.4.